The first kappa shape index (κ1) is 12.5. The molecule has 0 spiro atoms. The van der Waals surface area contributed by atoms with Crippen molar-refractivity contribution in [2.45, 2.75) is 27.2 Å². The molecule has 0 atom stereocenters. The van der Waals surface area contributed by atoms with E-state index >= 15 is 0 Å². The van der Waals surface area contributed by atoms with Gasteiger partial charge in [0.1, 0.15) is 0 Å². The molecule has 0 fully saturated rings. The molecule has 1 aromatic heterocycles. The maximum atomic E-state index is 11.1. The van der Waals surface area contributed by atoms with Gasteiger partial charge in [-0.3, -0.25) is 4.98 Å². The van der Waals surface area contributed by atoms with E-state index in [0.29, 0.717) is 16.8 Å². The summed E-state index contributed by atoms with van der Waals surface area (Å²) in [5, 5.41) is 3.28. The number of fused-ring (bicyclic) bond motifs is 1. The highest BCUT2D eigenvalue weighted by atomic mass is 16.4. The maximum absolute atomic E-state index is 11.1. The Hall–Kier alpha value is -1.91. The van der Waals surface area contributed by atoms with E-state index in [9.17, 15) is 4.79 Å². The number of aromatic amines is 1. The fraction of sp³-hybridized carbons (Fsp3) is 0.462. The smallest absolute Gasteiger partial charge is 0.408 e. The maximum Gasteiger partial charge on any atom is 0.417 e. The Morgan fingerprint density at radius 1 is 1.39 bits per heavy atom. The minimum absolute atomic E-state index is 0.274. The molecule has 0 saturated carbocycles. The SMILES string of the molecule is CC(C)(C)CCNc1cc2[nH]c(=O)oc2cc1N. The molecule has 0 aliphatic carbocycles. The fourth-order valence-corrected chi connectivity index (χ4v) is 1.74. The summed E-state index contributed by atoms with van der Waals surface area (Å²) in [5.41, 5.74) is 8.73. The number of oxazole rings is 1. The van der Waals surface area contributed by atoms with Crippen LogP contribution in [0.4, 0.5) is 11.4 Å². The number of hydrogen-bond acceptors (Lipinski definition) is 4. The average Bonchev–Trinajstić information content (AvgIpc) is 2.55. The van der Waals surface area contributed by atoms with Gasteiger partial charge in [0.25, 0.3) is 0 Å². The molecule has 18 heavy (non-hydrogen) atoms. The highest BCUT2D eigenvalue weighted by molar-refractivity contribution is 5.85. The molecular weight excluding hydrogens is 230 g/mol. The molecule has 0 aliphatic heterocycles. The fourth-order valence-electron chi connectivity index (χ4n) is 1.74. The van der Waals surface area contributed by atoms with Crippen molar-refractivity contribution < 1.29 is 4.42 Å². The molecule has 5 heteroatoms. The zero-order valence-electron chi connectivity index (χ0n) is 11.0. The van der Waals surface area contributed by atoms with Crippen LogP contribution in [0.5, 0.6) is 0 Å². The van der Waals surface area contributed by atoms with Crippen LogP contribution >= 0.6 is 0 Å². The number of nitrogens with two attached hydrogens (primary N) is 1. The van der Waals surface area contributed by atoms with Crippen molar-refractivity contribution in [3.05, 3.63) is 22.7 Å². The van der Waals surface area contributed by atoms with E-state index in [1.807, 2.05) is 0 Å². The third-order valence-corrected chi connectivity index (χ3v) is 2.78. The zero-order valence-corrected chi connectivity index (χ0v) is 11.0. The van der Waals surface area contributed by atoms with Gasteiger partial charge >= 0.3 is 5.76 Å². The van der Waals surface area contributed by atoms with Gasteiger partial charge in [-0.1, -0.05) is 20.8 Å². The monoisotopic (exact) mass is 249 g/mol. The molecule has 0 unspecified atom stereocenters. The van der Waals surface area contributed by atoms with Gasteiger partial charge in [-0.2, -0.15) is 0 Å². The van der Waals surface area contributed by atoms with Crippen molar-refractivity contribution in [3.63, 3.8) is 0 Å². The first-order chi connectivity index (χ1) is 8.35. The highest BCUT2D eigenvalue weighted by Gasteiger charge is 2.10. The summed E-state index contributed by atoms with van der Waals surface area (Å²) in [6.07, 6.45) is 1.03. The van der Waals surface area contributed by atoms with Crippen LogP contribution in [-0.2, 0) is 0 Å². The molecule has 2 aromatic rings. The predicted octanol–water partition coefficient (Wildman–Crippen LogP) is 2.55. The third kappa shape index (κ3) is 2.85. The van der Waals surface area contributed by atoms with Crippen molar-refractivity contribution in [3.8, 4) is 0 Å². The second kappa shape index (κ2) is 4.40. The van der Waals surface area contributed by atoms with Gasteiger partial charge in [0, 0.05) is 12.6 Å². The Kier molecular flexibility index (Phi) is 3.07. The van der Waals surface area contributed by atoms with Crippen LogP contribution in [0.25, 0.3) is 11.1 Å². The molecule has 0 amide bonds. The van der Waals surface area contributed by atoms with E-state index < -0.39 is 5.76 Å². The van der Waals surface area contributed by atoms with Gasteiger partial charge in [-0.05, 0) is 17.9 Å². The minimum atomic E-state index is -0.462. The van der Waals surface area contributed by atoms with Crippen molar-refractivity contribution in [2.24, 2.45) is 5.41 Å². The summed E-state index contributed by atoms with van der Waals surface area (Å²) in [5.74, 6) is -0.462. The standard InChI is InChI=1S/C13H19N3O2/c1-13(2,3)4-5-15-9-7-10-11(6-8(9)14)18-12(17)16-10/h6-7,15H,4-5,14H2,1-3H3,(H,16,17). The molecule has 0 aliphatic rings. The summed E-state index contributed by atoms with van der Waals surface area (Å²) in [6, 6.07) is 3.46. The zero-order chi connectivity index (χ0) is 13.3. The lowest BCUT2D eigenvalue weighted by molar-refractivity contribution is 0.390. The molecule has 5 nitrogen and oxygen atoms in total. The Morgan fingerprint density at radius 3 is 2.78 bits per heavy atom. The van der Waals surface area contributed by atoms with Gasteiger partial charge < -0.3 is 15.5 Å². The van der Waals surface area contributed by atoms with Gasteiger partial charge in [0.05, 0.1) is 16.9 Å². The molecule has 4 N–H and O–H groups in total. The van der Waals surface area contributed by atoms with Crippen LogP contribution in [-0.4, -0.2) is 11.5 Å². The second-order valence-electron chi connectivity index (χ2n) is 5.69. The van der Waals surface area contributed by atoms with E-state index in [2.05, 4.69) is 31.1 Å². The Balaban J connectivity index is 2.17. The summed E-state index contributed by atoms with van der Waals surface area (Å²) in [6.45, 7) is 7.40. The van der Waals surface area contributed by atoms with E-state index in [-0.39, 0.29) is 5.41 Å². The lowest BCUT2D eigenvalue weighted by Crippen LogP contribution is -2.13. The topological polar surface area (TPSA) is 84.0 Å². The molecule has 0 bridgehead atoms. The van der Waals surface area contributed by atoms with Crippen molar-refractivity contribution >= 4 is 22.5 Å². The average molecular weight is 249 g/mol. The summed E-state index contributed by atoms with van der Waals surface area (Å²) in [4.78, 5) is 13.7. The highest BCUT2D eigenvalue weighted by Crippen LogP contribution is 2.25. The number of aromatic nitrogens is 1. The lowest BCUT2D eigenvalue weighted by Gasteiger charge is -2.19. The molecule has 1 heterocycles. The van der Waals surface area contributed by atoms with Crippen molar-refractivity contribution in [1.29, 1.82) is 0 Å². The van der Waals surface area contributed by atoms with E-state index in [0.717, 1.165) is 18.7 Å². The molecule has 0 saturated heterocycles. The molecule has 0 radical (unpaired) electrons. The molecular formula is C13H19N3O2. The summed E-state index contributed by atoms with van der Waals surface area (Å²) < 4.78 is 4.94. The Morgan fingerprint density at radius 2 is 2.11 bits per heavy atom. The van der Waals surface area contributed by atoms with Crippen LogP contribution in [0.2, 0.25) is 0 Å². The Labute approximate surface area is 105 Å². The van der Waals surface area contributed by atoms with Gasteiger partial charge in [0.2, 0.25) is 0 Å². The van der Waals surface area contributed by atoms with Crippen LogP contribution in [0.3, 0.4) is 0 Å². The number of H-pyrrole nitrogens is 1. The number of rotatable bonds is 3. The first-order valence-electron chi connectivity index (χ1n) is 6.01. The van der Waals surface area contributed by atoms with Crippen molar-refractivity contribution in [2.75, 3.05) is 17.6 Å². The number of anilines is 2. The first-order valence-corrected chi connectivity index (χ1v) is 6.01. The third-order valence-electron chi connectivity index (χ3n) is 2.78. The number of nitrogens with one attached hydrogen (secondary N) is 2. The van der Waals surface area contributed by atoms with E-state index in [4.69, 9.17) is 10.2 Å². The Bertz CT molecular complexity index is 605. The summed E-state index contributed by atoms with van der Waals surface area (Å²) in [7, 11) is 0. The summed E-state index contributed by atoms with van der Waals surface area (Å²) >= 11 is 0. The largest absolute Gasteiger partial charge is 0.417 e. The van der Waals surface area contributed by atoms with Crippen LogP contribution in [0.15, 0.2) is 21.3 Å². The predicted molar refractivity (Wildman–Crippen MR) is 73.8 cm³/mol. The molecule has 98 valence electrons. The normalized spacial score (nSPS) is 11.9. The number of hydrogen-bond donors (Lipinski definition) is 3. The van der Waals surface area contributed by atoms with E-state index in [1.54, 1.807) is 12.1 Å². The van der Waals surface area contributed by atoms with Gasteiger partial charge in [-0.15, -0.1) is 0 Å². The van der Waals surface area contributed by atoms with Gasteiger partial charge in [0.15, 0.2) is 5.58 Å². The van der Waals surface area contributed by atoms with Crippen LogP contribution < -0.4 is 16.8 Å². The minimum Gasteiger partial charge on any atom is -0.408 e. The number of benzene rings is 1. The lowest BCUT2D eigenvalue weighted by atomic mass is 9.92. The molecule has 2 rings (SSSR count). The van der Waals surface area contributed by atoms with Gasteiger partial charge in [-0.25, -0.2) is 4.79 Å². The van der Waals surface area contributed by atoms with E-state index in [1.165, 1.54) is 0 Å². The van der Waals surface area contributed by atoms with Crippen LogP contribution in [0.1, 0.15) is 27.2 Å². The van der Waals surface area contributed by atoms with Crippen LogP contribution in [0, 0.1) is 5.41 Å². The molecule has 1 aromatic carbocycles. The second-order valence-corrected chi connectivity index (χ2v) is 5.69. The number of nitrogen functional groups attached to an aromatic ring is 1. The van der Waals surface area contributed by atoms with Crippen molar-refractivity contribution in [1.82, 2.24) is 4.98 Å². The quantitative estimate of drug-likeness (QED) is 0.730.